The van der Waals surface area contributed by atoms with Crippen molar-refractivity contribution in [3.8, 4) is 11.1 Å². The summed E-state index contributed by atoms with van der Waals surface area (Å²) in [5.74, 6) is 0. The van der Waals surface area contributed by atoms with Crippen LogP contribution in [0.4, 0.5) is 0 Å². The number of halogens is 1. The highest BCUT2D eigenvalue weighted by molar-refractivity contribution is 14.0. The van der Waals surface area contributed by atoms with Crippen molar-refractivity contribution in [2.75, 3.05) is 0 Å². The number of rotatable bonds is 0. The lowest BCUT2D eigenvalue weighted by molar-refractivity contribution is 0.660. The van der Waals surface area contributed by atoms with Gasteiger partial charge < -0.3 is 0 Å². The minimum Gasteiger partial charge on any atom is -0.107 e. The minimum atomic E-state index is 0. The van der Waals surface area contributed by atoms with Crippen molar-refractivity contribution in [1.29, 1.82) is 0 Å². The van der Waals surface area contributed by atoms with Crippen LogP contribution in [0.3, 0.4) is 0 Å². The predicted octanol–water partition coefficient (Wildman–Crippen LogP) is 4.61. The number of benzene rings is 2. The van der Waals surface area contributed by atoms with Crippen LogP contribution in [0.15, 0.2) is 48.5 Å². The van der Waals surface area contributed by atoms with E-state index in [0.29, 0.717) is 0 Å². The second-order valence-corrected chi connectivity index (χ2v) is 4.72. The summed E-state index contributed by atoms with van der Waals surface area (Å²) < 4.78 is 0. The van der Waals surface area contributed by atoms with Gasteiger partial charge in [0.1, 0.15) is 0 Å². The molecule has 0 spiro atoms. The van der Waals surface area contributed by atoms with Gasteiger partial charge in [0.15, 0.2) is 0 Å². The zero-order valence-electron chi connectivity index (χ0n) is 9.53. The Kier molecular flexibility index (Phi) is 2.82. The van der Waals surface area contributed by atoms with Gasteiger partial charge in [-0.3, -0.25) is 0 Å². The Morgan fingerprint density at radius 1 is 0.688 bits per heavy atom. The molecule has 1 aliphatic rings. The molecule has 0 nitrogen and oxygen atoms in total. The molecule has 0 saturated heterocycles. The largest absolute Gasteiger partial charge is 0.107 e. The highest BCUT2D eigenvalue weighted by Crippen LogP contribution is 2.47. The number of hydrogen-bond acceptors (Lipinski definition) is 0. The molecule has 1 heteroatoms. The molecule has 0 bridgehead atoms. The van der Waals surface area contributed by atoms with Gasteiger partial charge in [0.05, 0.1) is 0 Å². The molecule has 0 heterocycles. The lowest BCUT2D eigenvalue weighted by atomic mass is 9.82. The zero-order chi connectivity index (χ0) is 10.5. The first-order valence-electron chi connectivity index (χ1n) is 5.40. The average Bonchev–Trinajstić information content (AvgIpc) is 2.51. The molecular formula is C15H15I. The van der Waals surface area contributed by atoms with Gasteiger partial charge in [-0.15, -0.1) is 24.0 Å². The maximum absolute atomic E-state index is 2.30. The summed E-state index contributed by atoms with van der Waals surface area (Å²) in [6.07, 6.45) is 0. The van der Waals surface area contributed by atoms with E-state index in [0.717, 1.165) is 0 Å². The van der Waals surface area contributed by atoms with Crippen LogP contribution in [0.1, 0.15) is 25.0 Å². The molecule has 0 aromatic heterocycles. The quantitative estimate of drug-likeness (QED) is 0.621. The molecule has 1 aliphatic carbocycles. The molecular weight excluding hydrogens is 307 g/mol. The van der Waals surface area contributed by atoms with Crippen molar-refractivity contribution in [1.82, 2.24) is 0 Å². The number of hydrogen-bond donors (Lipinski definition) is 0. The van der Waals surface area contributed by atoms with Crippen molar-refractivity contribution in [2.24, 2.45) is 0 Å². The van der Waals surface area contributed by atoms with Crippen LogP contribution in [-0.4, -0.2) is 0 Å². The van der Waals surface area contributed by atoms with Gasteiger partial charge in [-0.25, -0.2) is 0 Å². The second-order valence-electron chi connectivity index (χ2n) is 4.72. The molecule has 0 unspecified atom stereocenters. The summed E-state index contributed by atoms with van der Waals surface area (Å²) in [7, 11) is 0. The molecule has 3 rings (SSSR count). The van der Waals surface area contributed by atoms with E-state index in [1.54, 1.807) is 0 Å². The summed E-state index contributed by atoms with van der Waals surface area (Å²) in [6, 6.07) is 17.4. The molecule has 0 fully saturated rings. The Morgan fingerprint density at radius 3 is 1.50 bits per heavy atom. The van der Waals surface area contributed by atoms with Crippen LogP contribution < -0.4 is 0 Å². The van der Waals surface area contributed by atoms with Crippen LogP contribution in [0.5, 0.6) is 0 Å². The normalized spacial score (nSPS) is 14.9. The monoisotopic (exact) mass is 322 g/mol. The smallest absolute Gasteiger partial charge is 0.0158 e. The van der Waals surface area contributed by atoms with Crippen molar-refractivity contribution < 1.29 is 0 Å². The molecule has 0 atom stereocenters. The van der Waals surface area contributed by atoms with E-state index in [1.807, 2.05) is 0 Å². The van der Waals surface area contributed by atoms with Crippen molar-refractivity contribution in [3.05, 3.63) is 59.7 Å². The topological polar surface area (TPSA) is 0 Å². The second kappa shape index (κ2) is 3.88. The van der Waals surface area contributed by atoms with Gasteiger partial charge in [-0.05, 0) is 22.3 Å². The Hall–Kier alpha value is -0.830. The summed E-state index contributed by atoms with van der Waals surface area (Å²) in [5, 5.41) is 0. The molecule has 2 aromatic carbocycles. The van der Waals surface area contributed by atoms with E-state index in [1.165, 1.54) is 22.3 Å². The van der Waals surface area contributed by atoms with Gasteiger partial charge in [0.25, 0.3) is 0 Å². The summed E-state index contributed by atoms with van der Waals surface area (Å²) >= 11 is 0. The van der Waals surface area contributed by atoms with Crippen molar-refractivity contribution in [3.63, 3.8) is 0 Å². The molecule has 2 aromatic rings. The van der Waals surface area contributed by atoms with Gasteiger partial charge in [-0.2, -0.15) is 0 Å². The van der Waals surface area contributed by atoms with Crippen LogP contribution >= 0.6 is 24.0 Å². The van der Waals surface area contributed by atoms with E-state index in [4.69, 9.17) is 0 Å². The van der Waals surface area contributed by atoms with E-state index in [2.05, 4.69) is 62.4 Å². The average molecular weight is 322 g/mol. The SMILES string of the molecule is CC1(C)c2ccccc2-c2ccccc21.I. The van der Waals surface area contributed by atoms with Gasteiger partial charge in [-0.1, -0.05) is 62.4 Å². The lowest BCUT2D eigenvalue weighted by Gasteiger charge is -2.20. The molecule has 0 radical (unpaired) electrons. The van der Waals surface area contributed by atoms with Crippen LogP contribution in [-0.2, 0) is 5.41 Å². The molecule has 0 aliphatic heterocycles. The molecule has 0 N–H and O–H groups in total. The van der Waals surface area contributed by atoms with Crippen LogP contribution in [0.2, 0.25) is 0 Å². The first-order valence-corrected chi connectivity index (χ1v) is 5.40. The fraction of sp³-hybridized carbons (Fsp3) is 0.200. The van der Waals surface area contributed by atoms with Gasteiger partial charge >= 0.3 is 0 Å². The molecule has 82 valence electrons. The van der Waals surface area contributed by atoms with Gasteiger partial charge in [0, 0.05) is 5.41 Å². The van der Waals surface area contributed by atoms with Gasteiger partial charge in [0.2, 0.25) is 0 Å². The summed E-state index contributed by atoms with van der Waals surface area (Å²) in [6.45, 7) is 4.61. The fourth-order valence-corrected chi connectivity index (χ4v) is 2.67. The zero-order valence-corrected chi connectivity index (χ0v) is 11.9. The third-order valence-corrected chi connectivity index (χ3v) is 3.49. The van der Waals surface area contributed by atoms with E-state index < -0.39 is 0 Å². The Balaban J connectivity index is 0.000000963. The first kappa shape index (κ1) is 11.6. The van der Waals surface area contributed by atoms with E-state index in [9.17, 15) is 0 Å². The van der Waals surface area contributed by atoms with E-state index in [-0.39, 0.29) is 29.4 Å². The predicted molar refractivity (Wildman–Crippen MR) is 79.4 cm³/mol. The first-order chi connectivity index (χ1) is 7.21. The summed E-state index contributed by atoms with van der Waals surface area (Å²) in [5.41, 5.74) is 5.86. The van der Waals surface area contributed by atoms with E-state index >= 15 is 0 Å². The van der Waals surface area contributed by atoms with Crippen molar-refractivity contribution in [2.45, 2.75) is 19.3 Å². The Morgan fingerprint density at radius 2 is 1.06 bits per heavy atom. The highest BCUT2D eigenvalue weighted by atomic mass is 127. The maximum atomic E-state index is 2.30. The molecule has 16 heavy (non-hydrogen) atoms. The molecule has 0 amide bonds. The lowest BCUT2D eigenvalue weighted by Crippen LogP contribution is -2.14. The Bertz CT molecular complexity index is 479. The van der Waals surface area contributed by atoms with Crippen LogP contribution in [0.25, 0.3) is 11.1 Å². The highest BCUT2D eigenvalue weighted by Gasteiger charge is 2.34. The minimum absolute atomic E-state index is 0. The van der Waals surface area contributed by atoms with Crippen molar-refractivity contribution >= 4 is 24.0 Å². The third-order valence-electron chi connectivity index (χ3n) is 3.49. The maximum Gasteiger partial charge on any atom is 0.0158 e. The van der Waals surface area contributed by atoms with Crippen LogP contribution in [0, 0.1) is 0 Å². The number of fused-ring (bicyclic) bond motifs is 3. The molecule has 0 saturated carbocycles. The third kappa shape index (κ3) is 1.41. The standard InChI is InChI=1S/C15H14.HI/c1-15(2)13-9-5-3-7-11(13)12-8-4-6-10-14(12)15;/h3-10H,1-2H3;1H. The Labute approximate surface area is 114 Å². The summed E-state index contributed by atoms with van der Waals surface area (Å²) in [4.78, 5) is 0. The fourth-order valence-electron chi connectivity index (χ4n) is 2.67.